The van der Waals surface area contributed by atoms with E-state index in [1.165, 1.54) is 12.1 Å². The van der Waals surface area contributed by atoms with E-state index in [1.54, 1.807) is 6.92 Å². The van der Waals surface area contributed by atoms with Gasteiger partial charge in [-0.25, -0.2) is 4.39 Å². The van der Waals surface area contributed by atoms with E-state index in [4.69, 9.17) is 0 Å². The summed E-state index contributed by atoms with van der Waals surface area (Å²) in [6.07, 6.45) is 10.9. The predicted octanol–water partition coefficient (Wildman–Crippen LogP) is 4.35. The number of Topliss-reactive ketones (excluding diaryl/α,β-unsaturated/α-hetero) is 2. The maximum atomic E-state index is 13.4. The number of carbonyl (C=O) groups is 2. The van der Waals surface area contributed by atoms with E-state index < -0.39 is 5.82 Å². The maximum absolute atomic E-state index is 13.4. The number of ketones is 2. The second kappa shape index (κ2) is 5.68. The topological polar surface area (TPSA) is 34.1 Å². The quantitative estimate of drug-likeness (QED) is 0.812. The van der Waals surface area contributed by atoms with Crippen LogP contribution in [0.15, 0.2) is 65.3 Å². The molecule has 0 N–H and O–H groups in total. The van der Waals surface area contributed by atoms with Crippen molar-refractivity contribution in [2.45, 2.75) is 19.8 Å². The Hall–Kier alpha value is -2.55. The average molecular weight is 294 g/mol. The SMILES string of the molecule is CC1=C(CC2=CC=CC=CC2)C(=O)c2cc(F)ccc2C1=O. The van der Waals surface area contributed by atoms with E-state index in [2.05, 4.69) is 0 Å². The highest BCUT2D eigenvalue weighted by molar-refractivity contribution is 6.26. The van der Waals surface area contributed by atoms with Crippen LogP contribution in [0.1, 0.15) is 40.5 Å². The molecule has 1 aromatic rings. The highest BCUT2D eigenvalue weighted by atomic mass is 19.1. The first kappa shape index (κ1) is 14.4. The van der Waals surface area contributed by atoms with Crippen molar-refractivity contribution in [2.75, 3.05) is 0 Å². The van der Waals surface area contributed by atoms with Crippen LogP contribution in [0.2, 0.25) is 0 Å². The van der Waals surface area contributed by atoms with E-state index in [0.717, 1.165) is 18.1 Å². The Morgan fingerprint density at radius 3 is 2.68 bits per heavy atom. The molecule has 110 valence electrons. The molecule has 0 amide bonds. The lowest BCUT2D eigenvalue weighted by Gasteiger charge is -2.19. The second-order valence-corrected chi connectivity index (χ2v) is 5.47. The fourth-order valence-corrected chi connectivity index (χ4v) is 2.77. The zero-order chi connectivity index (χ0) is 15.7. The molecule has 0 radical (unpaired) electrons. The third-order valence-corrected chi connectivity index (χ3v) is 4.01. The van der Waals surface area contributed by atoms with Gasteiger partial charge in [-0.3, -0.25) is 9.59 Å². The van der Waals surface area contributed by atoms with Crippen LogP contribution in [0.4, 0.5) is 4.39 Å². The van der Waals surface area contributed by atoms with Gasteiger partial charge in [-0.1, -0.05) is 36.0 Å². The number of halogens is 1. The Labute approximate surface area is 128 Å². The summed E-state index contributed by atoms with van der Waals surface area (Å²) in [4.78, 5) is 25.1. The molecule has 1 aromatic carbocycles. The molecule has 0 unspecified atom stereocenters. The van der Waals surface area contributed by atoms with Crippen LogP contribution >= 0.6 is 0 Å². The minimum Gasteiger partial charge on any atom is -0.289 e. The van der Waals surface area contributed by atoms with Crippen LogP contribution in [0.25, 0.3) is 0 Å². The third kappa shape index (κ3) is 2.50. The van der Waals surface area contributed by atoms with Gasteiger partial charge in [0, 0.05) is 22.3 Å². The van der Waals surface area contributed by atoms with Gasteiger partial charge >= 0.3 is 0 Å². The zero-order valence-electron chi connectivity index (χ0n) is 12.2. The van der Waals surface area contributed by atoms with Crippen LogP contribution in [0.3, 0.4) is 0 Å². The van der Waals surface area contributed by atoms with E-state index in [0.29, 0.717) is 23.1 Å². The lowest BCUT2D eigenvalue weighted by Crippen LogP contribution is -2.21. The van der Waals surface area contributed by atoms with Gasteiger partial charge < -0.3 is 0 Å². The minimum absolute atomic E-state index is 0.172. The van der Waals surface area contributed by atoms with Crippen molar-refractivity contribution < 1.29 is 14.0 Å². The second-order valence-electron chi connectivity index (χ2n) is 5.47. The molecule has 2 aliphatic rings. The van der Waals surface area contributed by atoms with Crippen LogP contribution in [0, 0.1) is 5.82 Å². The fourth-order valence-electron chi connectivity index (χ4n) is 2.77. The van der Waals surface area contributed by atoms with Crippen molar-refractivity contribution in [3.8, 4) is 0 Å². The number of benzene rings is 1. The zero-order valence-corrected chi connectivity index (χ0v) is 12.2. The van der Waals surface area contributed by atoms with Crippen molar-refractivity contribution in [3.05, 3.63) is 82.2 Å². The summed E-state index contributed by atoms with van der Waals surface area (Å²) in [5.74, 6) is -0.937. The van der Waals surface area contributed by atoms with Crippen molar-refractivity contribution in [2.24, 2.45) is 0 Å². The summed E-state index contributed by atoms with van der Waals surface area (Å²) in [6, 6.07) is 3.76. The van der Waals surface area contributed by atoms with Crippen molar-refractivity contribution in [1.82, 2.24) is 0 Å². The highest BCUT2D eigenvalue weighted by Crippen LogP contribution is 2.31. The average Bonchev–Trinajstić information content (AvgIpc) is 2.78. The summed E-state index contributed by atoms with van der Waals surface area (Å²) in [7, 11) is 0. The molecule has 0 fully saturated rings. The molecule has 3 rings (SSSR count). The fraction of sp³-hybridized carbons (Fsp3) is 0.158. The predicted molar refractivity (Wildman–Crippen MR) is 83.4 cm³/mol. The first-order chi connectivity index (χ1) is 10.6. The maximum Gasteiger partial charge on any atom is 0.190 e. The van der Waals surface area contributed by atoms with E-state index in [-0.39, 0.29) is 17.1 Å². The first-order valence-electron chi connectivity index (χ1n) is 7.18. The van der Waals surface area contributed by atoms with E-state index >= 15 is 0 Å². The smallest absolute Gasteiger partial charge is 0.190 e. The Bertz CT molecular complexity index is 792. The van der Waals surface area contributed by atoms with Gasteiger partial charge in [0.05, 0.1) is 0 Å². The number of fused-ring (bicyclic) bond motifs is 1. The summed E-state index contributed by atoms with van der Waals surface area (Å²) < 4.78 is 13.4. The minimum atomic E-state index is -0.502. The third-order valence-electron chi connectivity index (χ3n) is 4.01. The van der Waals surface area contributed by atoms with Crippen LogP contribution in [-0.4, -0.2) is 11.6 Å². The van der Waals surface area contributed by atoms with Gasteiger partial charge in [-0.2, -0.15) is 0 Å². The van der Waals surface area contributed by atoms with Crippen molar-refractivity contribution in [1.29, 1.82) is 0 Å². The molecule has 0 aromatic heterocycles. The van der Waals surface area contributed by atoms with Crippen molar-refractivity contribution in [3.63, 3.8) is 0 Å². The van der Waals surface area contributed by atoms with Gasteiger partial charge in [-0.15, -0.1) is 0 Å². The number of carbonyl (C=O) groups excluding carboxylic acids is 2. The summed E-state index contributed by atoms with van der Waals surface area (Å²) in [5, 5.41) is 0. The van der Waals surface area contributed by atoms with Gasteiger partial charge in [0.2, 0.25) is 0 Å². The molecule has 0 heterocycles. The van der Waals surface area contributed by atoms with E-state index in [1.807, 2.05) is 30.4 Å². The monoisotopic (exact) mass is 294 g/mol. The molecule has 0 aliphatic heterocycles. The van der Waals surface area contributed by atoms with Crippen LogP contribution in [-0.2, 0) is 0 Å². The number of hydrogen-bond acceptors (Lipinski definition) is 2. The van der Waals surface area contributed by atoms with Gasteiger partial charge in [-0.05, 0) is 38.0 Å². The molecule has 0 saturated heterocycles. The Balaban J connectivity index is 2.01. The van der Waals surface area contributed by atoms with Crippen LogP contribution in [0.5, 0.6) is 0 Å². The largest absolute Gasteiger partial charge is 0.289 e. The highest BCUT2D eigenvalue weighted by Gasteiger charge is 2.30. The normalized spacial score (nSPS) is 17.5. The number of allylic oxidation sites excluding steroid dienone is 8. The van der Waals surface area contributed by atoms with Crippen molar-refractivity contribution >= 4 is 11.6 Å². The molecule has 0 atom stereocenters. The first-order valence-corrected chi connectivity index (χ1v) is 7.18. The molecule has 0 spiro atoms. The molecular formula is C19H15FO2. The summed E-state index contributed by atoms with van der Waals surface area (Å²) in [6.45, 7) is 1.67. The standard InChI is InChI=1S/C19H15FO2/c1-12-16(10-13-6-4-2-3-5-7-13)19(22)17-11-14(20)8-9-15(17)18(12)21/h2-6,8-9,11H,7,10H2,1H3. The van der Waals surface area contributed by atoms with Crippen LogP contribution < -0.4 is 0 Å². The Morgan fingerprint density at radius 2 is 1.86 bits per heavy atom. The molecule has 3 heteroatoms. The molecule has 2 aliphatic carbocycles. The molecule has 0 bridgehead atoms. The Kier molecular flexibility index (Phi) is 3.72. The Morgan fingerprint density at radius 1 is 1.05 bits per heavy atom. The number of rotatable bonds is 2. The van der Waals surface area contributed by atoms with Gasteiger partial charge in [0.1, 0.15) is 5.82 Å². The molecule has 22 heavy (non-hydrogen) atoms. The van der Waals surface area contributed by atoms with Gasteiger partial charge in [0.15, 0.2) is 11.6 Å². The number of hydrogen-bond donors (Lipinski definition) is 0. The van der Waals surface area contributed by atoms with E-state index in [9.17, 15) is 14.0 Å². The molecular weight excluding hydrogens is 279 g/mol. The molecule has 2 nitrogen and oxygen atoms in total. The lowest BCUT2D eigenvalue weighted by atomic mass is 9.82. The molecule has 0 saturated carbocycles. The lowest BCUT2D eigenvalue weighted by molar-refractivity contribution is 0.0972. The van der Waals surface area contributed by atoms with Gasteiger partial charge in [0.25, 0.3) is 0 Å². The summed E-state index contributed by atoms with van der Waals surface area (Å²) in [5.41, 5.74) is 2.45. The summed E-state index contributed by atoms with van der Waals surface area (Å²) >= 11 is 0.